The highest BCUT2D eigenvalue weighted by Gasteiger charge is 2.59. The topological polar surface area (TPSA) is 114 Å². The van der Waals surface area contributed by atoms with E-state index in [1.54, 1.807) is 38.1 Å². The zero-order valence-corrected chi connectivity index (χ0v) is 22.0. The van der Waals surface area contributed by atoms with Gasteiger partial charge in [-0.15, -0.1) is 11.6 Å². The van der Waals surface area contributed by atoms with Crippen molar-refractivity contribution in [3.05, 3.63) is 59.7 Å². The van der Waals surface area contributed by atoms with Crippen LogP contribution >= 0.6 is 11.6 Å². The molecule has 0 radical (unpaired) electrons. The molecule has 0 aromatic heterocycles. The molecule has 2 saturated heterocycles. The minimum atomic E-state index is -4.28. The predicted octanol–water partition coefficient (Wildman–Crippen LogP) is 3.27. The summed E-state index contributed by atoms with van der Waals surface area (Å²) < 4.78 is 80.4. The quantitative estimate of drug-likeness (QED) is 0.363. The van der Waals surface area contributed by atoms with Crippen LogP contribution in [-0.2, 0) is 42.8 Å². The Labute approximate surface area is 210 Å². The van der Waals surface area contributed by atoms with Crippen molar-refractivity contribution in [1.82, 2.24) is 0 Å². The molecule has 0 unspecified atom stereocenters. The number of hydrogen-bond donors (Lipinski definition) is 0. The van der Waals surface area contributed by atoms with Crippen molar-refractivity contribution in [3.63, 3.8) is 0 Å². The lowest BCUT2D eigenvalue weighted by molar-refractivity contribution is -0.220. The van der Waals surface area contributed by atoms with Gasteiger partial charge in [0.05, 0.1) is 15.7 Å². The third kappa shape index (κ3) is 5.72. The number of halogens is 1. The largest absolute Gasteiger partial charge is 0.341 e. The third-order valence-electron chi connectivity index (χ3n) is 5.65. The molecule has 4 rings (SSSR count). The first-order chi connectivity index (χ1) is 16.3. The van der Waals surface area contributed by atoms with Crippen molar-refractivity contribution in [3.8, 4) is 0 Å². The summed E-state index contributed by atoms with van der Waals surface area (Å²) in [6.07, 6.45) is -5.78. The number of benzene rings is 2. The molecule has 2 aliphatic rings. The van der Waals surface area contributed by atoms with E-state index < -0.39 is 56.7 Å². The third-order valence-corrected chi connectivity index (χ3v) is 8.63. The Morgan fingerprint density at radius 2 is 1.40 bits per heavy atom. The monoisotopic (exact) mass is 546 g/mol. The molecular weight excluding hydrogens is 520 g/mol. The Kier molecular flexibility index (Phi) is 7.35. The van der Waals surface area contributed by atoms with Crippen molar-refractivity contribution in [2.45, 2.75) is 74.0 Å². The van der Waals surface area contributed by atoms with Gasteiger partial charge >= 0.3 is 0 Å². The molecule has 2 aliphatic heterocycles. The van der Waals surface area contributed by atoms with Gasteiger partial charge in [-0.25, -0.2) is 0 Å². The lowest BCUT2D eigenvalue weighted by Crippen LogP contribution is -2.46. The van der Waals surface area contributed by atoms with E-state index >= 15 is 0 Å². The van der Waals surface area contributed by atoms with Gasteiger partial charge in [-0.3, -0.25) is 8.37 Å². The molecular formula is C23H27ClO9S2. The van der Waals surface area contributed by atoms with Crippen LogP contribution in [-0.4, -0.2) is 59.2 Å². The molecule has 12 heteroatoms. The Bertz CT molecular complexity index is 1260. The van der Waals surface area contributed by atoms with Crippen LogP contribution in [0.1, 0.15) is 25.0 Å². The number of rotatable bonds is 8. The second kappa shape index (κ2) is 9.71. The van der Waals surface area contributed by atoms with E-state index in [2.05, 4.69) is 0 Å². The summed E-state index contributed by atoms with van der Waals surface area (Å²) in [5, 5.41) is 0. The number of aryl methyl sites for hydroxylation is 2. The average Bonchev–Trinajstić information content (AvgIpc) is 3.24. The fourth-order valence-electron chi connectivity index (χ4n) is 3.91. The Balaban J connectivity index is 1.63. The predicted molar refractivity (Wildman–Crippen MR) is 126 cm³/mol. The van der Waals surface area contributed by atoms with Crippen molar-refractivity contribution in [2.24, 2.45) is 0 Å². The van der Waals surface area contributed by atoms with E-state index in [1.807, 2.05) is 13.8 Å². The van der Waals surface area contributed by atoms with E-state index in [0.717, 1.165) is 11.1 Å². The van der Waals surface area contributed by atoms with Crippen LogP contribution in [0, 0.1) is 13.8 Å². The first kappa shape index (κ1) is 26.5. The average molecular weight is 547 g/mol. The zero-order valence-electron chi connectivity index (χ0n) is 19.6. The van der Waals surface area contributed by atoms with Crippen LogP contribution in [0.4, 0.5) is 0 Å². The molecule has 5 atom stereocenters. The molecule has 35 heavy (non-hydrogen) atoms. The maximum atomic E-state index is 13.1. The normalized spacial score (nSPS) is 27.0. The number of fused-ring (bicyclic) bond motifs is 1. The summed E-state index contributed by atoms with van der Waals surface area (Å²) in [6.45, 7) is 6.94. The van der Waals surface area contributed by atoms with E-state index in [1.165, 1.54) is 24.3 Å². The summed E-state index contributed by atoms with van der Waals surface area (Å²) in [5.41, 5.74) is 1.74. The molecule has 2 aromatic rings. The summed E-state index contributed by atoms with van der Waals surface area (Å²) in [4.78, 5) is -0.145. The molecule has 0 aliphatic carbocycles. The number of hydrogen-bond acceptors (Lipinski definition) is 9. The van der Waals surface area contributed by atoms with Gasteiger partial charge in [0.15, 0.2) is 12.1 Å². The first-order valence-corrected chi connectivity index (χ1v) is 14.2. The Morgan fingerprint density at radius 3 is 1.91 bits per heavy atom. The molecule has 0 spiro atoms. The molecule has 2 fully saturated rings. The van der Waals surface area contributed by atoms with E-state index in [0.29, 0.717) is 0 Å². The van der Waals surface area contributed by atoms with Gasteiger partial charge in [-0.2, -0.15) is 16.8 Å². The minimum Gasteiger partial charge on any atom is -0.341 e. The lowest BCUT2D eigenvalue weighted by Gasteiger charge is -2.29. The van der Waals surface area contributed by atoms with Gasteiger partial charge in [-0.05, 0) is 52.0 Å². The van der Waals surface area contributed by atoms with Crippen molar-refractivity contribution < 1.29 is 39.4 Å². The molecule has 0 saturated carbocycles. The van der Waals surface area contributed by atoms with Gasteiger partial charge in [0.25, 0.3) is 20.2 Å². The van der Waals surface area contributed by atoms with Crippen LogP contribution in [0.25, 0.3) is 0 Å². The van der Waals surface area contributed by atoms with E-state index in [4.69, 9.17) is 34.2 Å². The summed E-state index contributed by atoms with van der Waals surface area (Å²) >= 11 is 6.09. The van der Waals surface area contributed by atoms with Crippen LogP contribution < -0.4 is 0 Å². The highest BCUT2D eigenvalue weighted by atomic mass is 35.5. The van der Waals surface area contributed by atoms with Crippen LogP contribution in [0.3, 0.4) is 0 Å². The van der Waals surface area contributed by atoms with Gasteiger partial charge in [0.2, 0.25) is 0 Å². The highest BCUT2D eigenvalue weighted by molar-refractivity contribution is 7.87. The maximum Gasteiger partial charge on any atom is 0.297 e. The van der Waals surface area contributed by atoms with Gasteiger partial charge in [-0.1, -0.05) is 35.4 Å². The van der Waals surface area contributed by atoms with Crippen molar-refractivity contribution >= 4 is 31.8 Å². The standard InChI is InChI=1S/C23H27ClO9S2/c1-14-5-9-16(10-6-14)34(25,26)32-18(13-24)19-20(21-22(29-19)31-23(3,4)30-21)33-35(27,28)17-11-7-15(2)8-12-17/h5-12,18-22H,13H2,1-4H3/t18-,19-,20+,21-,22-/m1/s1. The summed E-state index contributed by atoms with van der Waals surface area (Å²) in [6, 6.07) is 12.2. The van der Waals surface area contributed by atoms with Crippen molar-refractivity contribution in [1.29, 1.82) is 0 Å². The minimum absolute atomic E-state index is 0.0703. The maximum absolute atomic E-state index is 13.1. The second-order valence-electron chi connectivity index (χ2n) is 8.95. The fraction of sp³-hybridized carbons (Fsp3) is 0.478. The lowest BCUT2D eigenvalue weighted by atomic mass is 10.1. The van der Waals surface area contributed by atoms with Crippen LogP contribution in [0.5, 0.6) is 0 Å². The summed E-state index contributed by atoms with van der Waals surface area (Å²) in [5.74, 6) is -1.40. The first-order valence-electron chi connectivity index (χ1n) is 10.9. The Hall–Kier alpha value is -1.57. The van der Waals surface area contributed by atoms with Crippen LogP contribution in [0.2, 0.25) is 0 Å². The van der Waals surface area contributed by atoms with Gasteiger partial charge < -0.3 is 14.2 Å². The molecule has 192 valence electrons. The molecule has 0 amide bonds. The van der Waals surface area contributed by atoms with Crippen molar-refractivity contribution in [2.75, 3.05) is 5.88 Å². The van der Waals surface area contributed by atoms with Gasteiger partial charge in [0, 0.05) is 0 Å². The molecule has 9 nitrogen and oxygen atoms in total. The zero-order chi connectivity index (χ0) is 25.6. The summed E-state index contributed by atoms with van der Waals surface area (Å²) in [7, 11) is -8.52. The fourth-order valence-corrected chi connectivity index (χ4v) is 6.40. The molecule has 2 heterocycles. The number of alkyl halides is 1. The number of ether oxygens (including phenoxy) is 3. The Morgan fingerprint density at radius 1 is 0.886 bits per heavy atom. The highest BCUT2D eigenvalue weighted by Crippen LogP contribution is 2.41. The SMILES string of the molecule is Cc1ccc(S(=O)(=O)O[C@@H]2[C@H]3OC(C)(C)O[C@H]3O[C@@H]2[C@@H](CCl)OS(=O)(=O)c2ccc(C)cc2)cc1. The second-order valence-corrected chi connectivity index (χ2v) is 12.4. The van der Waals surface area contributed by atoms with E-state index in [9.17, 15) is 16.8 Å². The van der Waals surface area contributed by atoms with E-state index in [-0.39, 0.29) is 15.7 Å². The van der Waals surface area contributed by atoms with Crippen LogP contribution in [0.15, 0.2) is 58.3 Å². The molecule has 0 bridgehead atoms. The molecule has 0 N–H and O–H groups in total. The van der Waals surface area contributed by atoms with Gasteiger partial charge in [0.1, 0.15) is 24.4 Å². The molecule has 2 aromatic carbocycles. The smallest absolute Gasteiger partial charge is 0.297 e.